The van der Waals surface area contributed by atoms with Gasteiger partial charge in [0.2, 0.25) is 0 Å². The first-order valence-corrected chi connectivity index (χ1v) is 7.20. The zero-order valence-corrected chi connectivity index (χ0v) is 12.1. The summed E-state index contributed by atoms with van der Waals surface area (Å²) in [7, 11) is 0. The average Bonchev–Trinajstić information content (AvgIpc) is 2.57. The maximum atomic E-state index is 9.81. The van der Waals surface area contributed by atoms with Crippen molar-refractivity contribution in [2.45, 2.75) is 13.0 Å². The van der Waals surface area contributed by atoms with E-state index in [4.69, 9.17) is 4.74 Å². The van der Waals surface area contributed by atoms with Gasteiger partial charge in [0.15, 0.2) is 0 Å². The molecule has 0 radical (unpaired) electrons. The van der Waals surface area contributed by atoms with Gasteiger partial charge in [-0.05, 0) is 41.5 Å². The smallest absolute Gasteiger partial charge is 0.130 e. The second kappa shape index (κ2) is 6.76. The number of rotatable bonds is 5. The number of hydrogen-bond acceptors (Lipinski definition) is 3. The molecule has 1 heterocycles. The first-order valence-electron chi connectivity index (χ1n) is 7.20. The fourth-order valence-electron chi connectivity index (χ4n) is 2.22. The van der Waals surface area contributed by atoms with Crippen molar-refractivity contribution < 1.29 is 9.84 Å². The monoisotopic (exact) mass is 291 g/mol. The molecule has 0 aliphatic carbocycles. The quantitative estimate of drug-likeness (QED) is 0.773. The van der Waals surface area contributed by atoms with E-state index in [1.165, 1.54) is 0 Å². The third-order valence-electron chi connectivity index (χ3n) is 3.42. The van der Waals surface area contributed by atoms with Crippen molar-refractivity contribution in [2.75, 3.05) is 0 Å². The van der Waals surface area contributed by atoms with Gasteiger partial charge in [-0.25, -0.2) is 0 Å². The van der Waals surface area contributed by atoms with Crippen LogP contribution in [0.2, 0.25) is 0 Å². The molecule has 0 aliphatic heterocycles. The van der Waals surface area contributed by atoms with E-state index in [1.54, 1.807) is 12.3 Å². The van der Waals surface area contributed by atoms with Crippen molar-refractivity contribution in [3.8, 4) is 11.5 Å². The van der Waals surface area contributed by atoms with Crippen LogP contribution >= 0.6 is 0 Å². The molecule has 0 saturated carbocycles. The Morgan fingerprint density at radius 3 is 2.36 bits per heavy atom. The topological polar surface area (TPSA) is 42.4 Å². The van der Waals surface area contributed by atoms with Gasteiger partial charge in [0.25, 0.3) is 0 Å². The second-order valence-electron chi connectivity index (χ2n) is 5.06. The van der Waals surface area contributed by atoms with Crippen LogP contribution in [-0.2, 0) is 13.0 Å². The summed E-state index contributed by atoms with van der Waals surface area (Å²) < 4.78 is 5.71. The number of para-hydroxylation sites is 1. The molecule has 3 rings (SSSR count). The van der Waals surface area contributed by atoms with E-state index in [9.17, 15) is 5.11 Å². The Bertz CT molecular complexity index is 724. The van der Waals surface area contributed by atoms with Crippen molar-refractivity contribution in [3.63, 3.8) is 0 Å². The van der Waals surface area contributed by atoms with Crippen LogP contribution in [0.4, 0.5) is 0 Å². The predicted molar refractivity (Wildman–Crippen MR) is 85.9 cm³/mol. The standard InChI is InChI=1S/C19H17NO2/c21-19-7-2-1-5-16(19)13-15-8-10-18(11-9-15)22-14-17-6-3-4-12-20-17/h1-12,21H,13-14H2. The SMILES string of the molecule is Oc1ccccc1Cc1ccc(OCc2ccccn2)cc1. The van der Waals surface area contributed by atoms with Crippen LogP contribution in [0.25, 0.3) is 0 Å². The number of aromatic nitrogens is 1. The molecule has 110 valence electrons. The highest BCUT2D eigenvalue weighted by molar-refractivity contribution is 5.37. The summed E-state index contributed by atoms with van der Waals surface area (Å²) in [6.07, 6.45) is 2.46. The molecule has 0 aliphatic rings. The summed E-state index contributed by atoms with van der Waals surface area (Å²) in [5.41, 5.74) is 2.96. The number of pyridine rings is 1. The summed E-state index contributed by atoms with van der Waals surface area (Å²) in [5.74, 6) is 1.14. The van der Waals surface area contributed by atoms with Crippen LogP contribution in [0.5, 0.6) is 11.5 Å². The summed E-state index contributed by atoms with van der Waals surface area (Å²) >= 11 is 0. The Morgan fingerprint density at radius 2 is 1.64 bits per heavy atom. The number of nitrogens with zero attached hydrogens (tertiary/aromatic N) is 1. The number of ether oxygens (including phenoxy) is 1. The Hall–Kier alpha value is -2.81. The highest BCUT2D eigenvalue weighted by Crippen LogP contribution is 2.21. The second-order valence-corrected chi connectivity index (χ2v) is 5.06. The lowest BCUT2D eigenvalue weighted by atomic mass is 10.0. The number of aromatic hydroxyl groups is 1. The molecule has 3 nitrogen and oxygen atoms in total. The Labute approximate surface area is 129 Å². The van der Waals surface area contributed by atoms with Crippen molar-refractivity contribution in [1.29, 1.82) is 0 Å². The zero-order chi connectivity index (χ0) is 15.2. The number of hydrogen-bond donors (Lipinski definition) is 1. The third kappa shape index (κ3) is 3.64. The molecular formula is C19H17NO2. The molecular weight excluding hydrogens is 274 g/mol. The number of benzene rings is 2. The van der Waals surface area contributed by atoms with E-state index in [0.29, 0.717) is 18.8 Å². The molecule has 0 amide bonds. The summed E-state index contributed by atoms with van der Waals surface area (Å²) in [6.45, 7) is 0.458. The number of phenolic OH excluding ortho intramolecular Hbond substituents is 1. The van der Waals surface area contributed by atoms with Gasteiger partial charge in [-0.1, -0.05) is 36.4 Å². The highest BCUT2D eigenvalue weighted by atomic mass is 16.5. The van der Waals surface area contributed by atoms with Crippen molar-refractivity contribution >= 4 is 0 Å². The van der Waals surface area contributed by atoms with E-state index in [-0.39, 0.29) is 0 Å². The van der Waals surface area contributed by atoms with Crippen LogP contribution in [0, 0.1) is 0 Å². The molecule has 0 fully saturated rings. The lowest BCUT2D eigenvalue weighted by molar-refractivity contribution is 0.301. The molecule has 3 aromatic rings. The highest BCUT2D eigenvalue weighted by Gasteiger charge is 2.02. The molecule has 22 heavy (non-hydrogen) atoms. The largest absolute Gasteiger partial charge is 0.508 e. The predicted octanol–water partition coefficient (Wildman–Crippen LogP) is 3.96. The minimum atomic E-state index is 0.331. The van der Waals surface area contributed by atoms with Gasteiger partial charge in [-0.2, -0.15) is 0 Å². The molecule has 1 aromatic heterocycles. The minimum Gasteiger partial charge on any atom is -0.508 e. The molecule has 0 bridgehead atoms. The van der Waals surface area contributed by atoms with Gasteiger partial charge in [-0.15, -0.1) is 0 Å². The first kappa shape index (κ1) is 14.1. The Balaban J connectivity index is 1.62. The Morgan fingerprint density at radius 1 is 0.864 bits per heavy atom. The van der Waals surface area contributed by atoms with Crippen LogP contribution in [0.1, 0.15) is 16.8 Å². The maximum absolute atomic E-state index is 9.81. The summed E-state index contributed by atoms with van der Waals surface area (Å²) in [6, 6.07) is 21.1. The lowest BCUT2D eigenvalue weighted by Crippen LogP contribution is -1.97. The number of phenols is 1. The molecule has 1 N–H and O–H groups in total. The zero-order valence-electron chi connectivity index (χ0n) is 12.1. The Kier molecular flexibility index (Phi) is 4.35. The maximum Gasteiger partial charge on any atom is 0.130 e. The normalized spacial score (nSPS) is 10.4. The van der Waals surface area contributed by atoms with E-state index in [2.05, 4.69) is 4.98 Å². The van der Waals surface area contributed by atoms with Gasteiger partial charge >= 0.3 is 0 Å². The average molecular weight is 291 g/mol. The van der Waals surface area contributed by atoms with Crippen LogP contribution in [0.3, 0.4) is 0 Å². The first-order chi connectivity index (χ1) is 10.8. The third-order valence-corrected chi connectivity index (χ3v) is 3.42. The van der Waals surface area contributed by atoms with Gasteiger partial charge in [0, 0.05) is 12.6 Å². The van der Waals surface area contributed by atoms with Crippen molar-refractivity contribution in [1.82, 2.24) is 4.98 Å². The molecule has 0 unspecified atom stereocenters. The fourth-order valence-corrected chi connectivity index (χ4v) is 2.22. The van der Waals surface area contributed by atoms with Gasteiger partial charge < -0.3 is 9.84 Å². The van der Waals surface area contributed by atoms with Crippen LogP contribution < -0.4 is 4.74 Å². The molecule has 2 aromatic carbocycles. The van der Waals surface area contributed by atoms with Gasteiger partial charge in [0.1, 0.15) is 18.1 Å². The van der Waals surface area contributed by atoms with Crippen molar-refractivity contribution in [2.24, 2.45) is 0 Å². The molecule has 0 spiro atoms. The van der Waals surface area contributed by atoms with Crippen LogP contribution in [0.15, 0.2) is 72.9 Å². The minimum absolute atomic E-state index is 0.331. The van der Waals surface area contributed by atoms with Crippen molar-refractivity contribution in [3.05, 3.63) is 89.7 Å². The lowest BCUT2D eigenvalue weighted by Gasteiger charge is -2.08. The van der Waals surface area contributed by atoms with Gasteiger partial charge in [-0.3, -0.25) is 4.98 Å². The van der Waals surface area contributed by atoms with E-state index < -0.39 is 0 Å². The summed E-state index contributed by atoms with van der Waals surface area (Å²) in [5, 5.41) is 9.81. The van der Waals surface area contributed by atoms with Gasteiger partial charge in [0.05, 0.1) is 5.69 Å². The summed E-state index contributed by atoms with van der Waals surface area (Å²) in [4.78, 5) is 4.22. The van der Waals surface area contributed by atoms with Crippen LogP contribution in [-0.4, -0.2) is 10.1 Å². The molecule has 0 atom stereocenters. The van der Waals surface area contributed by atoms with E-state index >= 15 is 0 Å². The fraction of sp³-hybridized carbons (Fsp3) is 0.105. The molecule has 0 saturated heterocycles. The molecule has 3 heteroatoms. The van der Waals surface area contributed by atoms with E-state index in [0.717, 1.165) is 22.6 Å². The van der Waals surface area contributed by atoms with E-state index in [1.807, 2.05) is 60.7 Å².